The summed E-state index contributed by atoms with van der Waals surface area (Å²) in [7, 11) is 0. The second-order valence-corrected chi connectivity index (χ2v) is 9.09. The third-order valence-electron chi connectivity index (χ3n) is 6.20. The highest BCUT2D eigenvalue weighted by Crippen LogP contribution is 2.20. The van der Waals surface area contributed by atoms with Gasteiger partial charge in [-0.1, -0.05) is 41.9 Å². The number of ether oxygens (including phenoxy) is 1. The summed E-state index contributed by atoms with van der Waals surface area (Å²) in [6.45, 7) is 4.35. The van der Waals surface area contributed by atoms with Gasteiger partial charge in [0.05, 0.1) is 24.8 Å². The van der Waals surface area contributed by atoms with Gasteiger partial charge in [0.15, 0.2) is 0 Å². The highest BCUT2D eigenvalue weighted by atomic mass is 35.5. The number of aromatic nitrogens is 3. The van der Waals surface area contributed by atoms with E-state index in [0.29, 0.717) is 35.7 Å². The minimum Gasteiger partial charge on any atom is -0.466 e. The van der Waals surface area contributed by atoms with E-state index >= 15 is 0 Å². The molecule has 188 valence electrons. The van der Waals surface area contributed by atoms with Crippen LogP contribution in [0.15, 0.2) is 58.1 Å². The second-order valence-electron chi connectivity index (χ2n) is 8.68. The van der Waals surface area contributed by atoms with E-state index in [-0.39, 0.29) is 37.2 Å². The van der Waals surface area contributed by atoms with Crippen molar-refractivity contribution in [3.63, 3.8) is 0 Å². The highest BCUT2D eigenvalue weighted by molar-refractivity contribution is 6.31. The number of hydrogen-bond acceptors (Lipinski definition) is 6. The molecule has 2 aromatic carbocycles. The van der Waals surface area contributed by atoms with E-state index in [4.69, 9.17) is 16.3 Å². The van der Waals surface area contributed by atoms with Crippen LogP contribution in [-0.4, -0.2) is 50.8 Å². The number of carbonyl (C=O) groups is 2. The Morgan fingerprint density at radius 3 is 2.47 bits per heavy atom. The van der Waals surface area contributed by atoms with E-state index in [0.717, 1.165) is 14.8 Å². The number of likely N-dealkylation sites (tertiary alicyclic amines) is 1. The van der Waals surface area contributed by atoms with Crippen LogP contribution in [0.2, 0.25) is 5.02 Å². The summed E-state index contributed by atoms with van der Waals surface area (Å²) in [5.41, 5.74) is 0.0538. The average Bonchev–Trinajstić information content (AvgIpc) is 2.87. The minimum atomic E-state index is -0.790. The first-order chi connectivity index (χ1) is 17.3. The Labute approximate surface area is 212 Å². The van der Waals surface area contributed by atoms with Crippen molar-refractivity contribution >= 4 is 23.5 Å². The lowest BCUT2D eigenvalue weighted by Crippen LogP contribution is -2.48. The monoisotopic (exact) mass is 510 g/mol. The molecule has 4 rings (SSSR count). The van der Waals surface area contributed by atoms with E-state index in [1.54, 1.807) is 49.4 Å². The highest BCUT2D eigenvalue weighted by Gasteiger charge is 2.31. The molecule has 0 atom stereocenters. The van der Waals surface area contributed by atoms with Crippen molar-refractivity contribution in [2.45, 2.75) is 33.2 Å². The van der Waals surface area contributed by atoms with Crippen LogP contribution in [0.3, 0.4) is 0 Å². The third kappa shape index (κ3) is 5.26. The molecule has 0 N–H and O–H groups in total. The first-order valence-electron chi connectivity index (χ1n) is 11.8. The fraction of sp³-hybridized carbons (Fsp3) is 0.346. The molecule has 0 unspecified atom stereocenters. The number of aryl methyl sites for hydroxylation is 1. The smallest absolute Gasteiger partial charge is 0.352 e. The first kappa shape index (κ1) is 25.4. The lowest BCUT2D eigenvalue weighted by atomic mass is 9.97. The van der Waals surface area contributed by atoms with Crippen LogP contribution < -0.4 is 11.2 Å². The largest absolute Gasteiger partial charge is 0.466 e. The van der Waals surface area contributed by atoms with E-state index in [2.05, 4.69) is 5.10 Å². The molecule has 0 aliphatic carbocycles. The molecule has 36 heavy (non-hydrogen) atoms. The van der Waals surface area contributed by atoms with Gasteiger partial charge in [0.1, 0.15) is 0 Å². The van der Waals surface area contributed by atoms with Crippen LogP contribution in [0.5, 0.6) is 0 Å². The SMILES string of the molecule is CCOC(=O)C1CCN(C(=O)c2nn(-c3cccc(C)c3)c(=O)n(Cc3ccccc3Cl)c2=O)CC1. The van der Waals surface area contributed by atoms with Gasteiger partial charge < -0.3 is 9.64 Å². The van der Waals surface area contributed by atoms with Gasteiger partial charge in [0.2, 0.25) is 5.69 Å². The number of rotatable bonds is 6. The third-order valence-corrected chi connectivity index (χ3v) is 6.57. The number of amides is 1. The predicted octanol–water partition coefficient (Wildman–Crippen LogP) is 2.82. The average molecular weight is 511 g/mol. The maximum absolute atomic E-state index is 13.4. The Balaban J connectivity index is 1.74. The number of nitrogens with zero attached hydrogens (tertiary/aromatic N) is 4. The van der Waals surface area contributed by atoms with Gasteiger partial charge in [-0.3, -0.25) is 19.0 Å². The fourth-order valence-corrected chi connectivity index (χ4v) is 4.44. The van der Waals surface area contributed by atoms with Crippen molar-refractivity contribution < 1.29 is 14.3 Å². The van der Waals surface area contributed by atoms with Gasteiger partial charge in [-0.15, -0.1) is 0 Å². The van der Waals surface area contributed by atoms with Crippen LogP contribution in [0.4, 0.5) is 0 Å². The molecular weight excluding hydrogens is 484 g/mol. The maximum Gasteiger partial charge on any atom is 0.352 e. The summed E-state index contributed by atoms with van der Waals surface area (Å²) in [6, 6.07) is 14.0. The van der Waals surface area contributed by atoms with Crippen molar-refractivity contribution in [1.82, 2.24) is 19.2 Å². The standard InChI is InChI=1S/C26H27ClN4O5/c1-3-36-25(34)18-11-13-29(14-12-18)23(32)22-24(33)30(16-19-8-4-5-10-21(19)27)26(35)31(28-22)20-9-6-7-17(2)15-20/h4-10,15,18H,3,11-14,16H2,1-2H3. The van der Waals surface area contributed by atoms with Crippen molar-refractivity contribution in [3.05, 3.63) is 91.2 Å². The molecule has 1 aliphatic rings. The molecule has 2 heterocycles. The zero-order valence-corrected chi connectivity index (χ0v) is 20.9. The first-order valence-corrected chi connectivity index (χ1v) is 12.2. The van der Waals surface area contributed by atoms with Crippen molar-refractivity contribution in [3.8, 4) is 5.69 Å². The van der Waals surface area contributed by atoms with Gasteiger partial charge >= 0.3 is 11.7 Å². The predicted molar refractivity (Wildman–Crippen MR) is 135 cm³/mol. The molecular formula is C26H27ClN4O5. The van der Waals surface area contributed by atoms with Gasteiger partial charge in [0, 0.05) is 18.1 Å². The Morgan fingerprint density at radius 1 is 1.08 bits per heavy atom. The van der Waals surface area contributed by atoms with Gasteiger partial charge in [0.25, 0.3) is 11.5 Å². The van der Waals surface area contributed by atoms with E-state index in [1.807, 2.05) is 13.0 Å². The van der Waals surface area contributed by atoms with Crippen molar-refractivity contribution in [2.24, 2.45) is 5.92 Å². The summed E-state index contributed by atoms with van der Waals surface area (Å²) >= 11 is 6.29. The molecule has 9 nitrogen and oxygen atoms in total. The topological polar surface area (TPSA) is 104 Å². The summed E-state index contributed by atoms with van der Waals surface area (Å²) in [5, 5.41) is 4.62. The van der Waals surface area contributed by atoms with E-state index in [1.165, 1.54) is 4.90 Å². The Hall–Kier alpha value is -3.72. The molecule has 0 radical (unpaired) electrons. The normalized spacial score (nSPS) is 14.0. The molecule has 10 heteroatoms. The Kier molecular flexibility index (Phi) is 7.69. The Bertz CT molecular complexity index is 1410. The van der Waals surface area contributed by atoms with E-state index in [9.17, 15) is 19.2 Å². The van der Waals surface area contributed by atoms with E-state index < -0.39 is 17.2 Å². The van der Waals surface area contributed by atoms with Gasteiger partial charge in [-0.25, -0.2) is 4.79 Å². The van der Waals surface area contributed by atoms with Crippen LogP contribution in [0, 0.1) is 12.8 Å². The zero-order valence-electron chi connectivity index (χ0n) is 20.1. The summed E-state index contributed by atoms with van der Waals surface area (Å²) < 4.78 is 7.15. The number of benzene rings is 2. The fourth-order valence-electron chi connectivity index (χ4n) is 4.24. The van der Waals surface area contributed by atoms with Crippen molar-refractivity contribution in [1.29, 1.82) is 0 Å². The number of halogens is 1. The van der Waals surface area contributed by atoms with Crippen LogP contribution in [0.25, 0.3) is 5.69 Å². The molecule has 0 saturated carbocycles. The summed E-state index contributed by atoms with van der Waals surface area (Å²) in [4.78, 5) is 53.8. The van der Waals surface area contributed by atoms with Crippen molar-refractivity contribution in [2.75, 3.05) is 19.7 Å². The maximum atomic E-state index is 13.4. The lowest BCUT2D eigenvalue weighted by Gasteiger charge is -2.30. The molecule has 0 bridgehead atoms. The molecule has 0 spiro atoms. The lowest BCUT2D eigenvalue weighted by molar-refractivity contribution is -0.149. The molecule has 1 aromatic heterocycles. The van der Waals surface area contributed by atoms with Gasteiger partial charge in [-0.05, 0) is 56.0 Å². The van der Waals surface area contributed by atoms with Crippen LogP contribution >= 0.6 is 11.6 Å². The number of esters is 1. The molecule has 1 aliphatic heterocycles. The number of hydrogen-bond donors (Lipinski definition) is 0. The van der Waals surface area contributed by atoms with Crippen LogP contribution in [0.1, 0.15) is 41.4 Å². The molecule has 3 aromatic rings. The second kappa shape index (κ2) is 10.9. The minimum absolute atomic E-state index is 0.114. The quantitative estimate of drug-likeness (QED) is 0.472. The summed E-state index contributed by atoms with van der Waals surface area (Å²) in [6.07, 6.45) is 0.853. The number of piperidine rings is 1. The zero-order chi connectivity index (χ0) is 25.8. The van der Waals surface area contributed by atoms with Crippen LogP contribution in [-0.2, 0) is 16.1 Å². The van der Waals surface area contributed by atoms with Gasteiger partial charge in [-0.2, -0.15) is 9.78 Å². The molecule has 1 fully saturated rings. The molecule has 1 saturated heterocycles. The Morgan fingerprint density at radius 2 is 1.81 bits per heavy atom. The molecule has 1 amide bonds. The number of carbonyl (C=O) groups excluding carboxylic acids is 2. The summed E-state index contributed by atoms with van der Waals surface area (Å²) in [5.74, 6) is -1.16.